The van der Waals surface area contributed by atoms with E-state index >= 15 is 0 Å². The Hall–Kier alpha value is -1.71. The summed E-state index contributed by atoms with van der Waals surface area (Å²) in [6.45, 7) is 0.978. The van der Waals surface area contributed by atoms with Crippen LogP contribution in [0.5, 0.6) is 5.75 Å². The SMILES string of the molecule is CNCC1CCCN1S(=O)(=O)c1ccc(OC)c([N+](=O)[O-])c1. The Labute approximate surface area is 129 Å². The quantitative estimate of drug-likeness (QED) is 0.616. The van der Waals surface area contributed by atoms with Crippen molar-refractivity contribution in [3.05, 3.63) is 28.3 Å². The highest BCUT2D eigenvalue weighted by Crippen LogP contribution is 2.32. The molecule has 1 unspecified atom stereocenters. The maximum Gasteiger partial charge on any atom is 0.312 e. The minimum absolute atomic E-state index is 0.0390. The highest BCUT2D eigenvalue weighted by atomic mass is 32.2. The number of benzene rings is 1. The van der Waals surface area contributed by atoms with Gasteiger partial charge in [0.2, 0.25) is 10.0 Å². The summed E-state index contributed by atoms with van der Waals surface area (Å²) in [4.78, 5) is 10.3. The van der Waals surface area contributed by atoms with E-state index in [4.69, 9.17) is 4.74 Å². The number of sulfonamides is 1. The van der Waals surface area contributed by atoms with Gasteiger partial charge in [-0.05, 0) is 32.0 Å². The van der Waals surface area contributed by atoms with E-state index in [-0.39, 0.29) is 22.4 Å². The molecule has 1 heterocycles. The van der Waals surface area contributed by atoms with Crippen molar-refractivity contribution in [1.29, 1.82) is 0 Å². The number of rotatable bonds is 6. The number of ether oxygens (including phenoxy) is 1. The fourth-order valence-electron chi connectivity index (χ4n) is 2.67. The van der Waals surface area contributed by atoms with E-state index in [0.29, 0.717) is 13.1 Å². The Morgan fingerprint density at radius 1 is 1.50 bits per heavy atom. The number of nitro groups is 1. The molecule has 0 radical (unpaired) electrons. The Balaban J connectivity index is 2.41. The number of likely N-dealkylation sites (N-methyl/N-ethyl adjacent to an activating group) is 1. The van der Waals surface area contributed by atoms with E-state index in [2.05, 4.69) is 5.32 Å². The molecule has 0 saturated carbocycles. The average molecular weight is 329 g/mol. The van der Waals surface area contributed by atoms with E-state index in [0.717, 1.165) is 18.9 Å². The average Bonchev–Trinajstić information content (AvgIpc) is 2.96. The normalized spacial score (nSPS) is 19.3. The van der Waals surface area contributed by atoms with Crippen LogP contribution in [-0.2, 0) is 10.0 Å². The topological polar surface area (TPSA) is 102 Å². The summed E-state index contributed by atoms with van der Waals surface area (Å²) in [7, 11) is -0.687. The van der Waals surface area contributed by atoms with Crippen LogP contribution in [0.3, 0.4) is 0 Å². The van der Waals surface area contributed by atoms with Crippen LogP contribution >= 0.6 is 0 Å². The second kappa shape index (κ2) is 6.59. The third-order valence-corrected chi connectivity index (χ3v) is 5.66. The number of hydrogen-bond donors (Lipinski definition) is 1. The predicted molar refractivity (Wildman–Crippen MR) is 80.5 cm³/mol. The first-order chi connectivity index (χ1) is 10.4. The molecule has 1 aromatic carbocycles. The lowest BCUT2D eigenvalue weighted by Gasteiger charge is -2.23. The van der Waals surface area contributed by atoms with Crippen LogP contribution in [-0.4, -0.2) is 50.9 Å². The van der Waals surface area contributed by atoms with E-state index < -0.39 is 14.9 Å². The smallest absolute Gasteiger partial charge is 0.312 e. The first kappa shape index (κ1) is 16.7. The van der Waals surface area contributed by atoms with Crippen molar-refractivity contribution in [3.8, 4) is 5.75 Å². The fraction of sp³-hybridized carbons (Fsp3) is 0.538. The third-order valence-electron chi connectivity index (χ3n) is 3.72. The molecule has 1 aliphatic heterocycles. The fourth-order valence-corrected chi connectivity index (χ4v) is 4.39. The molecule has 2 rings (SSSR count). The summed E-state index contributed by atoms with van der Waals surface area (Å²) in [5.74, 6) is 0.0390. The molecule has 1 aromatic rings. The predicted octanol–water partition coefficient (Wildman–Crippen LogP) is 0.976. The van der Waals surface area contributed by atoms with E-state index in [1.54, 1.807) is 7.05 Å². The molecular weight excluding hydrogens is 310 g/mol. The Morgan fingerprint density at radius 3 is 2.82 bits per heavy atom. The summed E-state index contributed by atoms with van der Waals surface area (Å²) in [6, 6.07) is 3.59. The molecule has 0 aromatic heterocycles. The monoisotopic (exact) mass is 329 g/mol. The summed E-state index contributed by atoms with van der Waals surface area (Å²) in [5, 5.41) is 14.0. The molecule has 1 N–H and O–H groups in total. The third kappa shape index (κ3) is 3.06. The lowest BCUT2D eigenvalue weighted by atomic mass is 10.2. The van der Waals surface area contributed by atoms with Crippen LogP contribution in [0.25, 0.3) is 0 Å². The molecule has 0 bridgehead atoms. The standard InChI is InChI=1S/C13H19N3O5S/c1-14-9-10-4-3-7-15(10)22(19,20)11-5-6-13(21-2)12(8-11)16(17)18/h5-6,8,10,14H,3-4,7,9H2,1-2H3. The van der Waals surface area contributed by atoms with E-state index in [1.165, 1.54) is 23.5 Å². The van der Waals surface area contributed by atoms with Crippen LogP contribution in [0, 0.1) is 10.1 Å². The van der Waals surface area contributed by atoms with Gasteiger partial charge in [0.05, 0.1) is 16.9 Å². The molecule has 22 heavy (non-hydrogen) atoms. The maximum absolute atomic E-state index is 12.7. The molecule has 9 heteroatoms. The molecular formula is C13H19N3O5S. The molecule has 8 nitrogen and oxygen atoms in total. The van der Waals surface area contributed by atoms with Gasteiger partial charge in [0.1, 0.15) is 0 Å². The van der Waals surface area contributed by atoms with Crippen molar-refractivity contribution in [1.82, 2.24) is 9.62 Å². The largest absolute Gasteiger partial charge is 0.490 e. The van der Waals surface area contributed by atoms with Crippen LogP contribution in [0.2, 0.25) is 0 Å². The van der Waals surface area contributed by atoms with E-state index in [1.807, 2.05) is 0 Å². The van der Waals surface area contributed by atoms with Gasteiger partial charge in [-0.3, -0.25) is 10.1 Å². The van der Waals surface area contributed by atoms with Crippen molar-refractivity contribution >= 4 is 15.7 Å². The molecule has 1 aliphatic rings. The van der Waals surface area contributed by atoms with Gasteiger partial charge in [0.15, 0.2) is 5.75 Å². The zero-order chi connectivity index (χ0) is 16.3. The molecule has 1 saturated heterocycles. The summed E-state index contributed by atoms with van der Waals surface area (Å²) in [5.41, 5.74) is -0.354. The van der Waals surface area contributed by atoms with Gasteiger partial charge in [0, 0.05) is 25.2 Å². The van der Waals surface area contributed by atoms with Crippen LogP contribution in [0.15, 0.2) is 23.1 Å². The number of methoxy groups -OCH3 is 1. The summed E-state index contributed by atoms with van der Waals surface area (Å²) >= 11 is 0. The van der Waals surface area contributed by atoms with Crippen molar-refractivity contribution in [2.75, 3.05) is 27.2 Å². The highest BCUT2D eigenvalue weighted by Gasteiger charge is 2.35. The Kier molecular flexibility index (Phi) is 4.99. The highest BCUT2D eigenvalue weighted by molar-refractivity contribution is 7.89. The van der Waals surface area contributed by atoms with Crippen molar-refractivity contribution in [3.63, 3.8) is 0 Å². The van der Waals surface area contributed by atoms with Gasteiger partial charge in [0.25, 0.3) is 0 Å². The van der Waals surface area contributed by atoms with Gasteiger partial charge < -0.3 is 10.1 Å². The first-order valence-electron chi connectivity index (χ1n) is 6.90. The number of nitro benzene ring substituents is 1. The molecule has 0 amide bonds. The lowest BCUT2D eigenvalue weighted by Crippen LogP contribution is -2.40. The summed E-state index contributed by atoms with van der Waals surface area (Å²) in [6.07, 6.45) is 1.56. The Morgan fingerprint density at radius 2 is 2.23 bits per heavy atom. The Bertz CT molecular complexity index is 662. The maximum atomic E-state index is 12.7. The van der Waals surface area contributed by atoms with Gasteiger partial charge in [-0.15, -0.1) is 0 Å². The number of nitrogens with one attached hydrogen (secondary N) is 1. The van der Waals surface area contributed by atoms with Crippen molar-refractivity contribution in [2.45, 2.75) is 23.8 Å². The number of nitrogens with zero attached hydrogens (tertiary/aromatic N) is 2. The minimum Gasteiger partial charge on any atom is -0.490 e. The van der Waals surface area contributed by atoms with Crippen molar-refractivity contribution < 1.29 is 18.1 Å². The molecule has 0 spiro atoms. The lowest BCUT2D eigenvalue weighted by molar-refractivity contribution is -0.386. The molecule has 0 aliphatic carbocycles. The minimum atomic E-state index is -3.76. The van der Waals surface area contributed by atoms with Crippen LogP contribution in [0.1, 0.15) is 12.8 Å². The van der Waals surface area contributed by atoms with Crippen LogP contribution in [0.4, 0.5) is 5.69 Å². The molecule has 122 valence electrons. The van der Waals surface area contributed by atoms with Gasteiger partial charge in [-0.1, -0.05) is 0 Å². The number of hydrogen-bond acceptors (Lipinski definition) is 6. The van der Waals surface area contributed by atoms with Gasteiger partial charge in [-0.25, -0.2) is 8.42 Å². The van der Waals surface area contributed by atoms with Crippen LogP contribution < -0.4 is 10.1 Å². The second-order valence-electron chi connectivity index (χ2n) is 5.06. The molecule has 1 fully saturated rings. The second-order valence-corrected chi connectivity index (χ2v) is 6.95. The summed E-state index contributed by atoms with van der Waals surface area (Å²) < 4.78 is 31.8. The van der Waals surface area contributed by atoms with Gasteiger partial charge >= 0.3 is 5.69 Å². The van der Waals surface area contributed by atoms with E-state index in [9.17, 15) is 18.5 Å². The zero-order valence-corrected chi connectivity index (χ0v) is 13.3. The van der Waals surface area contributed by atoms with Crippen molar-refractivity contribution in [2.24, 2.45) is 0 Å². The zero-order valence-electron chi connectivity index (χ0n) is 12.5. The first-order valence-corrected chi connectivity index (χ1v) is 8.34. The van der Waals surface area contributed by atoms with Gasteiger partial charge in [-0.2, -0.15) is 4.31 Å². The molecule has 1 atom stereocenters.